The van der Waals surface area contributed by atoms with E-state index < -0.39 is 0 Å². The third-order valence-electron chi connectivity index (χ3n) is 3.33. The van der Waals surface area contributed by atoms with Gasteiger partial charge in [-0.1, -0.05) is 30.3 Å². The number of guanidine groups is 1. The van der Waals surface area contributed by atoms with Gasteiger partial charge in [-0.2, -0.15) is 0 Å². The van der Waals surface area contributed by atoms with Crippen LogP contribution < -0.4 is 15.4 Å². The van der Waals surface area contributed by atoms with Gasteiger partial charge in [0.1, 0.15) is 11.5 Å². The van der Waals surface area contributed by atoms with Gasteiger partial charge in [-0.3, -0.25) is 4.99 Å². The molecule has 0 aliphatic carbocycles. The van der Waals surface area contributed by atoms with E-state index in [9.17, 15) is 0 Å². The van der Waals surface area contributed by atoms with E-state index in [-0.39, 0.29) is 24.0 Å². The minimum absolute atomic E-state index is 0. The van der Waals surface area contributed by atoms with E-state index >= 15 is 0 Å². The van der Waals surface area contributed by atoms with Crippen LogP contribution in [0.2, 0.25) is 0 Å². The van der Waals surface area contributed by atoms with Gasteiger partial charge in [0.2, 0.25) is 0 Å². The summed E-state index contributed by atoms with van der Waals surface area (Å²) in [5, 5.41) is 6.48. The summed E-state index contributed by atoms with van der Waals surface area (Å²) in [5.41, 5.74) is 1.16. The fourth-order valence-electron chi connectivity index (χ4n) is 2.09. The molecule has 0 heterocycles. The minimum atomic E-state index is 0. The average molecular weight is 455 g/mol. The first-order chi connectivity index (χ1) is 11.8. The van der Waals surface area contributed by atoms with Crippen LogP contribution in [-0.2, 0) is 11.3 Å². The van der Waals surface area contributed by atoms with Crippen molar-refractivity contribution in [1.29, 1.82) is 0 Å². The van der Waals surface area contributed by atoms with Gasteiger partial charge in [0.15, 0.2) is 5.96 Å². The molecule has 2 aromatic rings. The number of hydrogen-bond acceptors (Lipinski definition) is 3. The Hall–Kier alpha value is -1.80. The van der Waals surface area contributed by atoms with Crippen LogP contribution in [0.5, 0.6) is 11.5 Å². The minimum Gasteiger partial charge on any atom is -0.457 e. The number of benzene rings is 2. The predicted molar refractivity (Wildman–Crippen MR) is 113 cm³/mol. The second kappa shape index (κ2) is 12.5. The number of para-hydroxylation sites is 1. The monoisotopic (exact) mass is 455 g/mol. The molecule has 0 aliphatic rings. The van der Waals surface area contributed by atoms with Crippen molar-refractivity contribution in [2.45, 2.75) is 13.5 Å². The molecular formula is C19H26IN3O2. The van der Waals surface area contributed by atoms with Crippen molar-refractivity contribution < 1.29 is 9.47 Å². The molecule has 5 nitrogen and oxygen atoms in total. The second-order valence-corrected chi connectivity index (χ2v) is 5.11. The highest BCUT2D eigenvalue weighted by Gasteiger charge is 2.00. The standard InChI is InChI=1S/C19H25N3O2.HI/c1-3-23-14-13-21-19(20-2)22-15-16-9-11-18(12-10-16)24-17-7-5-4-6-8-17;/h4-12H,3,13-15H2,1-2H3,(H2,20,21,22);1H. The van der Waals surface area contributed by atoms with Crippen molar-refractivity contribution in [2.24, 2.45) is 4.99 Å². The zero-order valence-corrected chi connectivity index (χ0v) is 17.0. The summed E-state index contributed by atoms with van der Waals surface area (Å²) in [6.45, 7) is 4.81. The van der Waals surface area contributed by atoms with Crippen LogP contribution in [0.1, 0.15) is 12.5 Å². The van der Waals surface area contributed by atoms with Crippen LogP contribution in [0.4, 0.5) is 0 Å². The molecule has 0 radical (unpaired) electrons. The predicted octanol–water partition coefficient (Wildman–Crippen LogP) is 3.80. The van der Waals surface area contributed by atoms with E-state index in [1.807, 2.05) is 61.5 Å². The maximum atomic E-state index is 5.79. The number of rotatable bonds is 8. The molecule has 0 bridgehead atoms. The number of nitrogens with zero attached hydrogens (tertiary/aromatic N) is 1. The summed E-state index contributed by atoms with van der Waals surface area (Å²) < 4.78 is 11.1. The van der Waals surface area contributed by atoms with Crippen molar-refractivity contribution in [3.8, 4) is 11.5 Å². The van der Waals surface area contributed by atoms with Crippen molar-refractivity contribution >= 4 is 29.9 Å². The number of halogens is 1. The SMILES string of the molecule is CCOCCNC(=NC)NCc1ccc(Oc2ccccc2)cc1.I. The average Bonchev–Trinajstić information content (AvgIpc) is 2.63. The third-order valence-corrected chi connectivity index (χ3v) is 3.33. The van der Waals surface area contributed by atoms with E-state index in [0.717, 1.165) is 36.2 Å². The summed E-state index contributed by atoms with van der Waals surface area (Å²) in [6, 6.07) is 17.8. The van der Waals surface area contributed by atoms with E-state index in [1.54, 1.807) is 7.05 Å². The molecule has 0 saturated heterocycles. The van der Waals surface area contributed by atoms with Crippen LogP contribution in [0.15, 0.2) is 59.6 Å². The summed E-state index contributed by atoms with van der Waals surface area (Å²) in [4.78, 5) is 4.19. The topological polar surface area (TPSA) is 54.9 Å². The molecule has 0 aliphatic heterocycles. The van der Waals surface area contributed by atoms with Crippen LogP contribution in [0.25, 0.3) is 0 Å². The molecule has 0 spiro atoms. The van der Waals surface area contributed by atoms with Gasteiger partial charge in [-0.05, 0) is 36.8 Å². The Morgan fingerprint density at radius 1 is 0.960 bits per heavy atom. The highest BCUT2D eigenvalue weighted by molar-refractivity contribution is 14.0. The van der Waals surface area contributed by atoms with Gasteiger partial charge in [0.25, 0.3) is 0 Å². The molecule has 0 fully saturated rings. The Labute approximate surface area is 166 Å². The third kappa shape index (κ3) is 8.22. The van der Waals surface area contributed by atoms with Crippen LogP contribution in [-0.4, -0.2) is 32.8 Å². The number of ether oxygens (including phenoxy) is 2. The van der Waals surface area contributed by atoms with Gasteiger partial charge < -0.3 is 20.1 Å². The quantitative estimate of drug-likeness (QED) is 0.275. The highest BCUT2D eigenvalue weighted by Crippen LogP contribution is 2.20. The maximum absolute atomic E-state index is 5.79. The van der Waals surface area contributed by atoms with Crippen molar-refractivity contribution in [1.82, 2.24) is 10.6 Å². The lowest BCUT2D eigenvalue weighted by atomic mass is 10.2. The highest BCUT2D eigenvalue weighted by atomic mass is 127. The molecule has 2 aromatic carbocycles. The van der Waals surface area contributed by atoms with Gasteiger partial charge >= 0.3 is 0 Å². The molecule has 0 aromatic heterocycles. The molecule has 0 atom stereocenters. The van der Waals surface area contributed by atoms with Crippen molar-refractivity contribution in [3.63, 3.8) is 0 Å². The fraction of sp³-hybridized carbons (Fsp3) is 0.316. The number of aliphatic imine (C=N–C) groups is 1. The van der Waals surface area contributed by atoms with Crippen molar-refractivity contribution in [3.05, 3.63) is 60.2 Å². The van der Waals surface area contributed by atoms with Gasteiger partial charge in [0, 0.05) is 26.7 Å². The Kier molecular flexibility index (Phi) is 10.7. The summed E-state index contributed by atoms with van der Waals surface area (Å²) in [7, 11) is 1.76. The molecule has 6 heteroatoms. The van der Waals surface area contributed by atoms with E-state index in [4.69, 9.17) is 9.47 Å². The van der Waals surface area contributed by atoms with E-state index in [2.05, 4.69) is 15.6 Å². The zero-order valence-electron chi connectivity index (χ0n) is 14.7. The molecule has 0 unspecified atom stereocenters. The Morgan fingerprint density at radius 3 is 2.28 bits per heavy atom. The molecule has 2 rings (SSSR count). The van der Waals surface area contributed by atoms with E-state index in [1.165, 1.54) is 0 Å². The smallest absolute Gasteiger partial charge is 0.191 e. The number of nitrogens with one attached hydrogen (secondary N) is 2. The second-order valence-electron chi connectivity index (χ2n) is 5.11. The summed E-state index contributed by atoms with van der Waals surface area (Å²) in [6.07, 6.45) is 0. The Morgan fingerprint density at radius 2 is 1.64 bits per heavy atom. The van der Waals surface area contributed by atoms with E-state index in [0.29, 0.717) is 13.2 Å². The van der Waals surface area contributed by atoms with Gasteiger partial charge in [-0.15, -0.1) is 24.0 Å². The Bertz CT molecular complexity index is 618. The lowest BCUT2D eigenvalue weighted by Gasteiger charge is -2.12. The van der Waals surface area contributed by atoms with Crippen molar-refractivity contribution in [2.75, 3.05) is 26.8 Å². The molecule has 0 saturated carbocycles. The maximum Gasteiger partial charge on any atom is 0.191 e. The van der Waals surface area contributed by atoms with Gasteiger partial charge in [0.05, 0.1) is 6.61 Å². The lowest BCUT2D eigenvalue weighted by Crippen LogP contribution is -2.38. The first-order valence-electron chi connectivity index (χ1n) is 8.16. The molecule has 136 valence electrons. The first kappa shape index (κ1) is 21.2. The number of hydrogen-bond donors (Lipinski definition) is 2. The summed E-state index contributed by atoms with van der Waals surface area (Å²) >= 11 is 0. The van der Waals surface area contributed by atoms with Crippen LogP contribution in [0, 0.1) is 0 Å². The van der Waals surface area contributed by atoms with Crippen LogP contribution in [0.3, 0.4) is 0 Å². The molecule has 2 N–H and O–H groups in total. The molecule has 0 amide bonds. The van der Waals surface area contributed by atoms with Crippen LogP contribution >= 0.6 is 24.0 Å². The summed E-state index contributed by atoms with van der Waals surface area (Å²) in [5.74, 6) is 2.42. The lowest BCUT2D eigenvalue weighted by molar-refractivity contribution is 0.152. The zero-order chi connectivity index (χ0) is 17.0. The fourth-order valence-corrected chi connectivity index (χ4v) is 2.09. The Balaban J connectivity index is 0.00000312. The van der Waals surface area contributed by atoms with Gasteiger partial charge in [-0.25, -0.2) is 0 Å². The normalized spacial score (nSPS) is 10.7. The molecule has 25 heavy (non-hydrogen) atoms. The molecular weight excluding hydrogens is 429 g/mol. The first-order valence-corrected chi connectivity index (χ1v) is 8.16. The largest absolute Gasteiger partial charge is 0.457 e.